The number of hydrogen-bond donors (Lipinski definition) is 2. The van der Waals surface area contributed by atoms with Crippen molar-refractivity contribution in [3.63, 3.8) is 0 Å². The van der Waals surface area contributed by atoms with Crippen LogP contribution >= 0.6 is 0 Å². The molecular formula is C10H9F5N6. The second-order valence-corrected chi connectivity index (χ2v) is 4.10. The summed E-state index contributed by atoms with van der Waals surface area (Å²) in [5.74, 6) is -5.10. The van der Waals surface area contributed by atoms with Crippen LogP contribution in [0.1, 0.15) is 17.4 Å². The van der Waals surface area contributed by atoms with Gasteiger partial charge in [-0.05, 0) is 5.21 Å². The predicted octanol–water partition coefficient (Wildman–Crippen LogP) is 0.653. The third kappa shape index (κ3) is 2.69. The topological polar surface area (TPSA) is 81.7 Å². The molecule has 1 atom stereocenters. The van der Waals surface area contributed by atoms with E-state index in [1.54, 1.807) is 0 Å². The minimum atomic E-state index is -2.23. The molecule has 21 heavy (non-hydrogen) atoms. The molecule has 2 rings (SSSR count). The Labute approximate surface area is 114 Å². The summed E-state index contributed by atoms with van der Waals surface area (Å²) in [4.78, 5) is 1.07. The lowest BCUT2D eigenvalue weighted by atomic mass is 10.0. The molecule has 0 saturated heterocycles. The Morgan fingerprint density at radius 3 is 2.00 bits per heavy atom. The lowest BCUT2D eigenvalue weighted by Gasteiger charge is -2.17. The Morgan fingerprint density at radius 1 is 1.05 bits per heavy atom. The zero-order chi connectivity index (χ0) is 15.7. The second kappa shape index (κ2) is 5.69. The highest BCUT2D eigenvalue weighted by molar-refractivity contribution is 5.27. The van der Waals surface area contributed by atoms with E-state index in [9.17, 15) is 22.0 Å². The van der Waals surface area contributed by atoms with E-state index in [0.29, 0.717) is 0 Å². The minimum Gasteiger partial charge on any atom is -0.271 e. The Morgan fingerprint density at radius 2 is 1.57 bits per heavy atom. The summed E-state index contributed by atoms with van der Waals surface area (Å²) in [6.45, 7) is 0. The molecule has 0 spiro atoms. The van der Waals surface area contributed by atoms with E-state index < -0.39 is 40.7 Å². The minimum absolute atomic E-state index is 0.0180. The average molecular weight is 308 g/mol. The van der Waals surface area contributed by atoms with Crippen molar-refractivity contribution in [3.8, 4) is 0 Å². The van der Waals surface area contributed by atoms with Crippen molar-refractivity contribution in [2.45, 2.75) is 12.5 Å². The van der Waals surface area contributed by atoms with Crippen molar-refractivity contribution in [3.05, 3.63) is 40.5 Å². The third-order valence-electron chi connectivity index (χ3n) is 2.73. The van der Waals surface area contributed by atoms with Gasteiger partial charge >= 0.3 is 0 Å². The van der Waals surface area contributed by atoms with Crippen LogP contribution in [-0.4, -0.2) is 20.2 Å². The Kier molecular flexibility index (Phi) is 4.14. The molecule has 2 aromatic rings. The van der Waals surface area contributed by atoms with E-state index in [4.69, 9.17) is 5.84 Å². The van der Waals surface area contributed by atoms with Crippen molar-refractivity contribution in [1.29, 1.82) is 0 Å². The van der Waals surface area contributed by atoms with Crippen LogP contribution in [0, 0.1) is 29.1 Å². The molecular weight excluding hydrogens is 299 g/mol. The zero-order valence-corrected chi connectivity index (χ0v) is 10.5. The SMILES string of the molecule is Cn1nnc(CC(NN)c2c(F)c(F)c(F)c(F)c2F)n1. The van der Waals surface area contributed by atoms with E-state index >= 15 is 0 Å². The highest BCUT2D eigenvalue weighted by Crippen LogP contribution is 2.28. The molecule has 3 N–H and O–H groups in total. The average Bonchev–Trinajstić information content (AvgIpc) is 2.87. The molecule has 0 radical (unpaired) electrons. The van der Waals surface area contributed by atoms with Crippen LogP contribution in [0.15, 0.2) is 0 Å². The molecule has 11 heteroatoms. The summed E-state index contributed by atoms with van der Waals surface area (Å²) in [7, 11) is 1.44. The summed E-state index contributed by atoms with van der Waals surface area (Å²) < 4.78 is 66.6. The third-order valence-corrected chi connectivity index (χ3v) is 2.73. The number of aryl methyl sites for hydroxylation is 1. The van der Waals surface area contributed by atoms with Gasteiger partial charge in [-0.15, -0.1) is 10.2 Å². The van der Waals surface area contributed by atoms with E-state index in [1.807, 2.05) is 5.43 Å². The van der Waals surface area contributed by atoms with Crippen molar-refractivity contribution in [2.75, 3.05) is 0 Å². The number of aromatic nitrogens is 4. The fourth-order valence-electron chi connectivity index (χ4n) is 1.76. The van der Waals surface area contributed by atoms with Gasteiger partial charge in [0.1, 0.15) is 0 Å². The number of tetrazole rings is 1. The normalized spacial score (nSPS) is 12.7. The summed E-state index contributed by atoms with van der Waals surface area (Å²) in [5, 5.41) is 10.8. The Bertz CT molecular complexity index is 643. The number of benzene rings is 1. The maximum atomic E-state index is 13.7. The van der Waals surface area contributed by atoms with E-state index in [-0.39, 0.29) is 12.2 Å². The number of nitrogens with one attached hydrogen (secondary N) is 1. The van der Waals surface area contributed by atoms with Gasteiger partial charge in [0.05, 0.1) is 13.1 Å². The first-order valence-corrected chi connectivity index (χ1v) is 5.57. The highest BCUT2D eigenvalue weighted by Gasteiger charge is 2.30. The molecule has 114 valence electrons. The fraction of sp³-hybridized carbons (Fsp3) is 0.300. The monoisotopic (exact) mass is 308 g/mol. The summed E-state index contributed by atoms with van der Waals surface area (Å²) in [6.07, 6.45) is -0.317. The molecule has 6 nitrogen and oxygen atoms in total. The van der Waals surface area contributed by atoms with Crippen LogP contribution in [-0.2, 0) is 13.5 Å². The maximum Gasteiger partial charge on any atom is 0.200 e. The van der Waals surface area contributed by atoms with Crippen molar-refractivity contribution in [1.82, 2.24) is 25.6 Å². The second-order valence-electron chi connectivity index (χ2n) is 4.10. The van der Waals surface area contributed by atoms with Crippen LogP contribution in [0.5, 0.6) is 0 Å². The van der Waals surface area contributed by atoms with Gasteiger partial charge < -0.3 is 0 Å². The Hall–Kier alpha value is -2.14. The number of hydrogen-bond acceptors (Lipinski definition) is 5. The number of nitrogens with two attached hydrogens (primary N) is 1. The van der Waals surface area contributed by atoms with E-state index in [0.717, 1.165) is 4.80 Å². The molecule has 0 fully saturated rings. The first kappa shape index (κ1) is 15.3. The summed E-state index contributed by atoms with van der Waals surface area (Å²) in [6, 6.07) is -1.42. The van der Waals surface area contributed by atoms with Gasteiger partial charge in [-0.2, -0.15) is 4.80 Å². The molecule has 0 aliphatic carbocycles. The molecule has 0 aliphatic heterocycles. The fourth-order valence-corrected chi connectivity index (χ4v) is 1.76. The summed E-state index contributed by atoms with van der Waals surface area (Å²) >= 11 is 0. The van der Waals surface area contributed by atoms with Gasteiger partial charge in [-0.3, -0.25) is 11.3 Å². The lowest BCUT2D eigenvalue weighted by molar-refractivity contribution is 0.355. The van der Waals surface area contributed by atoms with E-state index in [2.05, 4.69) is 15.4 Å². The number of hydrazine groups is 1. The Balaban J connectivity index is 2.47. The van der Waals surface area contributed by atoms with Crippen LogP contribution in [0.25, 0.3) is 0 Å². The molecule has 1 unspecified atom stereocenters. The quantitative estimate of drug-likeness (QED) is 0.285. The zero-order valence-electron chi connectivity index (χ0n) is 10.5. The standard InChI is InChI=1S/C10H9F5N6/c1-21-19-4(18-20-21)2-3(17-16)5-6(11)8(13)10(15)9(14)7(5)12/h3,17H,2,16H2,1H3. The van der Waals surface area contributed by atoms with Crippen LogP contribution in [0.3, 0.4) is 0 Å². The maximum absolute atomic E-state index is 13.7. The van der Waals surface area contributed by atoms with Crippen LogP contribution in [0.2, 0.25) is 0 Å². The molecule has 0 aliphatic rings. The molecule has 0 bridgehead atoms. The van der Waals surface area contributed by atoms with Gasteiger partial charge in [0.2, 0.25) is 5.82 Å². The number of rotatable bonds is 4. The first-order valence-electron chi connectivity index (χ1n) is 5.57. The molecule has 1 aromatic heterocycles. The van der Waals surface area contributed by atoms with E-state index in [1.165, 1.54) is 7.05 Å². The number of nitrogens with zero attached hydrogens (tertiary/aromatic N) is 4. The smallest absolute Gasteiger partial charge is 0.200 e. The summed E-state index contributed by atoms with van der Waals surface area (Å²) in [5.41, 5.74) is 0.897. The molecule has 1 heterocycles. The van der Waals surface area contributed by atoms with Gasteiger partial charge in [0.15, 0.2) is 29.1 Å². The van der Waals surface area contributed by atoms with Crippen LogP contribution in [0.4, 0.5) is 22.0 Å². The van der Waals surface area contributed by atoms with Crippen molar-refractivity contribution < 1.29 is 22.0 Å². The predicted molar refractivity (Wildman–Crippen MR) is 58.8 cm³/mol. The lowest BCUT2D eigenvalue weighted by Crippen LogP contribution is -2.32. The van der Waals surface area contributed by atoms with Crippen molar-refractivity contribution in [2.24, 2.45) is 12.9 Å². The first-order chi connectivity index (χ1) is 9.86. The van der Waals surface area contributed by atoms with Gasteiger partial charge in [0.25, 0.3) is 0 Å². The number of halogens is 5. The van der Waals surface area contributed by atoms with Gasteiger partial charge in [0, 0.05) is 12.0 Å². The van der Waals surface area contributed by atoms with Crippen LogP contribution < -0.4 is 11.3 Å². The van der Waals surface area contributed by atoms with Gasteiger partial charge in [-0.25, -0.2) is 22.0 Å². The van der Waals surface area contributed by atoms with Gasteiger partial charge in [-0.1, -0.05) is 0 Å². The molecule has 1 aromatic carbocycles. The molecule has 0 saturated carbocycles. The molecule has 0 amide bonds. The highest BCUT2D eigenvalue weighted by atomic mass is 19.2. The largest absolute Gasteiger partial charge is 0.271 e. The van der Waals surface area contributed by atoms with Crippen molar-refractivity contribution >= 4 is 0 Å².